The van der Waals surface area contributed by atoms with E-state index in [2.05, 4.69) is 63.7 Å². The molecule has 26 heavy (non-hydrogen) atoms. The molecule has 0 spiro atoms. The maximum absolute atomic E-state index is 4.54. The van der Waals surface area contributed by atoms with Crippen LogP contribution in [-0.2, 0) is 13.6 Å². The van der Waals surface area contributed by atoms with Crippen LogP contribution in [0.4, 0.5) is 0 Å². The van der Waals surface area contributed by atoms with E-state index in [-0.39, 0.29) is 0 Å². The first-order valence-electron chi connectivity index (χ1n) is 9.41. The summed E-state index contributed by atoms with van der Waals surface area (Å²) in [6.45, 7) is 7.47. The van der Waals surface area contributed by atoms with Gasteiger partial charge in [-0.05, 0) is 51.4 Å². The molecule has 5 nitrogen and oxygen atoms in total. The largest absolute Gasteiger partial charge is 0.338 e. The molecule has 0 amide bonds. The molecule has 0 radical (unpaired) electrons. The van der Waals surface area contributed by atoms with Gasteiger partial charge in [0.25, 0.3) is 0 Å². The number of rotatable bonds is 4. The van der Waals surface area contributed by atoms with Gasteiger partial charge in [0, 0.05) is 43.0 Å². The number of likely N-dealkylation sites (tertiary alicyclic amines) is 1. The molecule has 0 bridgehead atoms. The fourth-order valence-electron chi connectivity index (χ4n) is 4.03. The van der Waals surface area contributed by atoms with Gasteiger partial charge in [-0.15, -0.1) is 0 Å². The maximum Gasteiger partial charge on any atom is 0.111 e. The minimum absolute atomic E-state index is 0.578. The van der Waals surface area contributed by atoms with Crippen LogP contribution in [0.2, 0.25) is 0 Å². The average Bonchev–Trinajstić information content (AvgIpc) is 3.27. The molecule has 1 N–H and O–H groups in total. The summed E-state index contributed by atoms with van der Waals surface area (Å²) >= 11 is 0. The highest BCUT2D eigenvalue weighted by Crippen LogP contribution is 2.30. The van der Waals surface area contributed by atoms with Gasteiger partial charge >= 0.3 is 0 Å². The quantitative estimate of drug-likeness (QED) is 0.779. The predicted octanol–water partition coefficient (Wildman–Crippen LogP) is 3.81. The van der Waals surface area contributed by atoms with Crippen LogP contribution in [0.25, 0.3) is 11.3 Å². The van der Waals surface area contributed by atoms with E-state index >= 15 is 0 Å². The molecule has 3 aromatic rings. The van der Waals surface area contributed by atoms with Crippen LogP contribution in [0.3, 0.4) is 0 Å². The fraction of sp³-hybridized carbons (Fsp3) is 0.429. The van der Waals surface area contributed by atoms with Crippen molar-refractivity contribution in [2.45, 2.75) is 39.2 Å². The molecule has 4 rings (SSSR count). The van der Waals surface area contributed by atoms with Gasteiger partial charge in [-0.3, -0.25) is 10.00 Å². The lowest BCUT2D eigenvalue weighted by Crippen LogP contribution is -2.33. The zero-order valence-electron chi connectivity index (χ0n) is 15.9. The zero-order chi connectivity index (χ0) is 18.1. The van der Waals surface area contributed by atoms with Gasteiger partial charge in [-0.25, -0.2) is 4.98 Å². The molecule has 0 atom stereocenters. The van der Waals surface area contributed by atoms with Crippen molar-refractivity contribution in [3.63, 3.8) is 0 Å². The number of H-pyrrole nitrogens is 1. The number of nitrogens with one attached hydrogen (secondary N) is 1. The first-order valence-corrected chi connectivity index (χ1v) is 9.41. The van der Waals surface area contributed by atoms with Crippen molar-refractivity contribution in [1.82, 2.24) is 24.6 Å². The second kappa shape index (κ2) is 7.08. The van der Waals surface area contributed by atoms with Crippen LogP contribution < -0.4 is 0 Å². The SMILES string of the molecule is Cc1ccc(C)c(-c2[nH]ncc2CN2CCC(c3nccn3C)CC2)c1. The Bertz CT molecular complexity index is 883. The van der Waals surface area contributed by atoms with E-state index in [1.54, 1.807) is 0 Å². The third-order valence-electron chi connectivity index (χ3n) is 5.59. The third-order valence-corrected chi connectivity index (χ3v) is 5.59. The average molecular weight is 349 g/mol. The van der Waals surface area contributed by atoms with E-state index in [1.807, 2.05) is 18.6 Å². The molecule has 3 heterocycles. The van der Waals surface area contributed by atoms with Gasteiger partial charge in [0.2, 0.25) is 0 Å². The van der Waals surface area contributed by atoms with Crippen molar-refractivity contribution >= 4 is 0 Å². The molecule has 1 saturated heterocycles. The second-order valence-corrected chi connectivity index (χ2v) is 7.54. The first kappa shape index (κ1) is 17.0. The van der Waals surface area contributed by atoms with E-state index in [0.29, 0.717) is 5.92 Å². The predicted molar refractivity (Wildman–Crippen MR) is 104 cm³/mol. The molecule has 0 unspecified atom stereocenters. The Hall–Kier alpha value is -2.40. The molecule has 136 valence electrons. The van der Waals surface area contributed by atoms with Gasteiger partial charge in [-0.1, -0.05) is 17.7 Å². The standard InChI is InChI=1S/C21H27N5/c1-15-4-5-16(2)19(12-15)20-18(13-23-24-20)14-26-9-6-17(7-10-26)21-22-8-11-25(21)3/h4-5,8,11-13,17H,6-7,9-10,14H2,1-3H3,(H,23,24). The normalized spacial score (nSPS) is 16.3. The number of hydrogen-bond donors (Lipinski definition) is 1. The number of nitrogens with zero attached hydrogens (tertiary/aromatic N) is 4. The fourth-order valence-corrected chi connectivity index (χ4v) is 4.03. The summed E-state index contributed by atoms with van der Waals surface area (Å²) in [5.74, 6) is 1.80. The molecular weight excluding hydrogens is 322 g/mol. The van der Waals surface area contributed by atoms with E-state index in [9.17, 15) is 0 Å². The highest BCUT2D eigenvalue weighted by molar-refractivity contribution is 5.67. The first-order chi connectivity index (χ1) is 12.6. The molecule has 1 aliphatic heterocycles. The van der Waals surface area contributed by atoms with Crippen LogP contribution in [0.5, 0.6) is 0 Å². The number of piperidine rings is 1. The van der Waals surface area contributed by atoms with Gasteiger partial charge < -0.3 is 4.57 Å². The highest BCUT2D eigenvalue weighted by atomic mass is 15.2. The van der Waals surface area contributed by atoms with Crippen molar-refractivity contribution in [1.29, 1.82) is 0 Å². The minimum Gasteiger partial charge on any atom is -0.338 e. The number of imidazole rings is 1. The number of benzene rings is 1. The number of aryl methyl sites for hydroxylation is 3. The summed E-state index contributed by atoms with van der Waals surface area (Å²) in [4.78, 5) is 7.08. The van der Waals surface area contributed by atoms with E-state index in [4.69, 9.17) is 0 Å². The second-order valence-electron chi connectivity index (χ2n) is 7.54. The Morgan fingerprint density at radius 1 is 1.19 bits per heavy atom. The van der Waals surface area contributed by atoms with Crippen LogP contribution in [0.15, 0.2) is 36.8 Å². The molecule has 1 fully saturated rings. The van der Waals surface area contributed by atoms with Gasteiger partial charge in [0.05, 0.1) is 11.9 Å². The Labute approximate surface area is 155 Å². The van der Waals surface area contributed by atoms with Crippen molar-refractivity contribution in [3.05, 3.63) is 59.3 Å². The monoisotopic (exact) mass is 349 g/mol. The van der Waals surface area contributed by atoms with Crippen LogP contribution in [0, 0.1) is 13.8 Å². The maximum atomic E-state index is 4.54. The van der Waals surface area contributed by atoms with Crippen molar-refractivity contribution in [2.24, 2.45) is 7.05 Å². The smallest absolute Gasteiger partial charge is 0.111 e. The lowest BCUT2D eigenvalue weighted by atomic mass is 9.95. The Balaban J connectivity index is 1.46. The van der Waals surface area contributed by atoms with E-state index in [1.165, 1.54) is 40.9 Å². The molecule has 5 heteroatoms. The lowest BCUT2D eigenvalue weighted by molar-refractivity contribution is 0.201. The Kier molecular flexibility index (Phi) is 4.64. The van der Waals surface area contributed by atoms with Crippen molar-refractivity contribution in [2.75, 3.05) is 13.1 Å². The Morgan fingerprint density at radius 3 is 2.73 bits per heavy atom. The molecule has 1 aromatic carbocycles. The van der Waals surface area contributed by atoms with Crippen LogP contribution in [0.1, 0.15) is 41.3 Å². The minimum atomic E-state index is 0.578. The summed E-state index contributed by atoms with van der Waals surface area (Å²) in [6, 6.07) is 6.60. The molecule has 1 aliphatic rings. The third kappa shape index (κ3) is 3.31. The summed E-state index contributed by atoms with van der Waals surface area (Å²) < 4.78 is 2.16. The van der Waals surface area contributed by atoms with E-state index < -0.39 is 0 Å². The summed E-state index contributed by atoms with van der Waals surface area (Å²) in [5, 5.41) is 7.57. The van der Waals surface area contributed by atoms with Gasteiger partial charge in [-0.2, -0.15) is 5.10 Å². The zero-order valence-corrected chi connectivity index (χ0v) is 15.9. The number of hydrogen-bond acceptors (Lipinski definition) is 3. The topological polar surface area (TPSA) is 49.7 Å². The molecule has 0 saturated carbocycles. The molecule has 2 aromatic heterocycles. The molecular formula is C21H27N5. The Morgan fingerprint density at radius 2 is 2.00 bits per heavy atom. The highest BCUT2D eigenvalue weighted by Gasteiger charge is 2.24. The van der Waals surface area contributed by atoms with E-state index in [0.717, 1.165) is 25.3 Å². The van der Waals surface area contributed by atoms with Crippen molar-refractivity contribution < 1.29 is 0 Å². The summed E-state index contributed by atoms with van der Waals surface area (Å²) in [6.07, 6.45) is 8.28. The van der Waals surface area contributed by atoms with Crippen LogP contribution >= 0.6 is 0 Å². The lowest BCUT2D eigenvalue weighted by Gasteiger charge is -2.31. The molecule has 0 aliphatic carbocycles. The summed E-state index contributed by atoms with van der Waals surface area (Å²) in [5.41, 5.74) is 6.28. The van der Waals surface area contributed by atoms with Gasteiger partial charge in [0.15, 0.2) is 0 Å². The van der Waals surface area contributed by atoms with Crippen molar-refractivity contribution in [3.8, 4) is 11.3 Å². The summed E-state index contributed by atoms with van der Waals surface area (Å²) in [7, 11) is 2.09. The van der Waals surface area contributed by atoms with Crippen LogP contribution in [-0.4, -0.2) is 37.7 Å². The number of aromatic nitrogens is 4. The van der Waals surface area contributed by atoms with Gasteiger partial charge in [0.1, 0.15) is 5.82 Å². The number of aromatic amines is 1.